The van der Waals surface area contributed by atoms with Gasteiger partial charge in [0.05, 0.1) is 13.5 Å². The Morgan fingerprint density at radius 1 is 1.37 bits per heavy atom. The number of aliphatic carboxylic acids is 1. The summed E-state index contributed by atoms with van der Waals surface area (Å²) in [5, 5.41) is 10.9. The number of ether oxygens (including phenoxy) is 1. The van der Waals surface area contributed by atoms with Crippen molar-refractivity contribution in [2.75, 3.05) is 12.0 Å². The number of imide groups is 1. The maximum atomic E-state index is 11.7. The summed E-state index contributed by atoms with van der Waals surface area (Å²) in [6, 6.07) is 4.78. The van der Waals surface area contributed by atoms with E-state index < -0.39 is 30.4 Å². The molecule has 0 aromatic heterocycles. The largest absolute Gasteiger partial charge is 0.497 e. The molecule has 7 nitrogen and oxygen atoms in total. The number of methoxy groups -OCH3 is 1. The lowest BCUT2D eigenvalue weighted by molar-refractivity contribution is -0.139. The number of carbonyl (C=O) groups is 3. The summed E-state index contributed by atoms with van der Waals surface area (Å²) in [6.45, 7) is 0. The molecule has 2 rings (SSSR count). The zero-order valence-electron chi connectivity index (χ0n) is 10.1. The third-order valence-corrected chi connectivity index (χ3v) is 2.78. The second-order valence-corrected chi connectivity index (χ2v) is 3.98. The van der Waals surface area contributed by atoms with Gasteiger partial charge in [0.25, 0.3) is 5.91 Å². The molecule has 1 atom stereocenters. The van der Waals surface area contributed by atoms with Crippen LogP contribution >= 0.6 is 0 Å². The van der Waals surface area contributed by atoms with Crippen LogP contribution in [0.1, 0.15) is 6.42 Å². The van der Waals surface area contributed by atoms with Crippen LogP contribution in [0.25, 0.3) is 0 Å². The van der Waals surface area contributed by atoms with Gasteiger partial charge in [0, 0.05) is 5.69 Å². The SMILES string of the molecule is COc1ccc(N2C(=O)NC(=O)[C@@H]2CC(=O)O)cc1. The number of benzene rings is 1. The maximum Gasteiger partial charge on any atom is 0.329 e. The van der Waals surface area contributed by atoms with Gasteiger partial charge in [0.2, 0.25) is 0 Å². The molecule has 1 aromatic rings. The van der Waals surface area contributed by atoms with Crippen molar-refractivity contribution in [1.82, 2.24) is 5.32 Å². The van der Waals surface area contributed by atoms with Crippen molar-refractivity contribution in [3.8, 4) is 5.75 Å². The van der Waals surface area contributed by atoms with E-state index in [0.29, 0.717) is 11.4 Å². The van der Waals surface area contributed by atoms with Crippen LogP contribution in [0.4, 0.5) is 10.5 Å². The van der Waals surface area contributed by atoms with E-state index in [1.165, 1.54) is 7.11 Å². The maximum absolute atomic E-state index is 11.7. The highest BCUT2D eigenvalue weighted by atomic mass is 16.5. The van der Waals surface area contributed by atoms with Gasteiger partial charge in [-0.25, -0.2) is 4.79 Å². The molecule has 0 spiro atoms. The molecule has 0 saturated carbocycles. The normalized spacial score (nSPS) is 18.4. The number of carbonyl (C=O) groups excluding carboxylic acids is 2. The van der Waals surface area contributed by atoms with E-state index in [4.69, 9.17) is 9.84 Å². The summed E-state index contributed by atoms with van der Waals surface area (Å²) < 4.78 is 4.99. The Morgan fingerprint density at radius 3 is 2.53 bits per heavy atom. The van der Waals surface area contributed by atoms with E-state index in [1.807, 2.05) is 0 Å². The Bertz CT molecular complexity index is 525. The van der Waals surface area contributed by atoms with Gasteiger partial charge < -0.3 is 9.84 Å². The van der Waals surface area contributed by atoms with E-state index in [9.17, 15) is 14.4 Å². The molecule has 1 saturated heterocycles. The van der Waals surface area contributed by atoms with Crippen molar-refractivity contribution in [1.29, 1.82) is 0 Å². The molecular formula is C12H12N2O5. The van der Waals surface area contributed by atoms with Crippen LogP contribution < -0.4 is 15.0 Å². The summed E-state index contributed by atoms with van der Waals surface area (Å²) in [6.07, 6.45) is -0.441. The van der Waals surface area contributed by atoms with E-state index in [1.54, 1.807) is 24.3 Å². The Balaban J connectivity index is 2.30. The van der Waals surface area contributed by atoms with Crippen LogP contribution in [0, 0.1) is 0 Å². The second kappa shape index (κ2) is 4.97. The summed E-state index contributed by atoms with van der Waals surface area (Å²) in [5.41, 5.74) is 0.440. The lowest BCUT2D eigenvalue weighted by atomic mass is 10.1. The molecule has 1 aliphatic rings. The number of amides is 3. The molecule has 1 heterocycles. The van der Waals surface area contributed by atoms with Crippen molar-refractivity contribution in [2.24, 2.45) is 0 Å². The minimum Gasteiger partial charge on any atom is -0.497 e. The molecule has 1 aliphatic heterocycles. The van der Waals surface area contributed by atoms with Crippen molar-refractivity contribution in [3.05, 3.63) is 24.3 Å². The highest BCUT2D eigenvalue weighted by molar-refractivity contribution is 6.15. The number of urea groups is 1. The van der Waals surface area contributed by atoms with Crippen molar-refractivity contribution in [3.63, 3.8) is 0 Å². The average molecular weight is 264 g/mol. The van der Waals surface area contributed by atoms with E-state index in [2.05, 4.69) is 5.32 Å². The van der Waals surface area contributed by atoms with Crippen LogP contribution in [-0.2, 0) is 9.59 Å². The second-order valence-electron chi connectivity index (χ2n) is 3.98. The summed E-state index contributed by atoms with van der Waals surface area (Å²) in [5.74, 6) is -1.15. The summed E-state index contributed by atoms with van der Waals surface area (Å²) >= 11 is 0. The lowest BCUT2D eigenvalue weighted by Crippen LogP contribution is -2.36. The standard InChI is InChI=1S/C12H12N2O5/c1-19-8-4-2-7(3-5-8)14-9(6-10(15)16)11(17)13-12(14)18/h2-5,9H,6H2,1H3,(H,15,16)(H,13,17,18)/t9-/m0/s1. The molecule has 3 amide bonds. The first-order valence-electron chi connectivity index (χ1n) is 5.53. The first-order chi connectivity index (χ1) is 9.02. The van der Waals surface area contributed by atoms with Crippen LogP contribution in [0.15, 0.2) is 24.3 Å². The number of rotatable bonds is 4. The monoisotopic (exact) mass is 264 g/mol. The van der Waals surface area contributed by atoms with Gasteiger partial charge in [-0.1, -0.05) is 0 Å². The van der Waals surface area contributed by atoms with Crippen LogP contribution in [0.5, 0.6) is 5.75 Å². The van der Waals surface area contributed by atoms with Crippen LogP contribution in [-0.4, -0.2) is 36.2 Å². The topological polar surface area (TPSA) is 95.9 Å². The third-order valence-electron chi connectivity index (χ3n) is 2.78. The Morgan fingerprint density at radius 2 is 2.00 bits per heavy atom. The molecule has 7 heteroatoms. The van der Waals surface area contributed by atoms with E-state index in [-0.39, 0.29) is 0 Å². The zero-order valence-corrected chi connectivity index (χ0v) is 10.1. The first-order valence-corrected chi connectivity index (χ1v) is 5.53. The fourth-order valence-corrected chi connectivity index (χ4v) is 1.90. The molecule has 0 aliphatic carbocycles. The first kappa shape index (κ1) is 12.9. The molecule has 100 valence electrons. The molecule has 2 N–H and O–H groups in total. The van der Waals surface area contributed by atoms with Crippen LogP contribution in [0.2, 0.25) is 0 Å². The van der Waals surface area contributed by atoms with Gasteiger partial charge in [-0.15, -0.1) is 0 Å². The molecule has 1 fully saturated rings. The Kier molecular flexibility index (Phi) is 3.37. The summed E-state index contributed by atoms with van der Waals surface area (Å²) in [7, 11) is 1.51. The van der Waals surface area contributed by atoms with E-state index in [0.717, 1.165) is 4.90 Å². The third kappa shape index (κ3) is 2.49. The number of carboxylic acid groups (broad SMARTS) is 1. The fraction of sp³-hybridized carbons (Fsp3) is 0.250. The summed E-state index contributed by atoms with van der Waals surface area (Å²) in [4.78, 5) is 35.1. The Hall–Kier alpha value is -2.57. The predicted octanol–water partition coefficient (Wildman–Crippen LogP) is 0.595. The van der Waals surface area contributed by atoms with Crippen molar-refractivity contribution < 1.29 is 24.2 Å². The van der Waals surface area contributed by atoms with Crippen LogP contribution in [0.3, 0.4) is 0 Å². The number of nitrogens with one attached hydrogen (secondary N) is 1. The fourth-order valence-electron chi connectivity index (χ4n) is 1.90. The molecule has 0 bridgehead atoms. The quantitative estimate of drug-likeness (QED) is 0.776. The highest BCUT2D eigenvalue weighted by Crippen LogP contribution is 2.25. The highest BCUT2D eigenvalue weighted by Gasteiger charge is 2.40. The number of hydrogen-bond donors (Lipinski definition) is 2. The molecule has 19 heavy (non-hydrogen) atoms. The minimum absolute atomic E-state index is 0.440. The lowest BCUT2D eigenvalue weighted by Gasteiger charge is -2.20. The number of carboxylic acids is 1. The number of hydrogen-bond acceptors (Lipinski definition) is 4. The predicted molar refractivity (Wildman–Crippen MR) is 65.1 cm³/mol. The zero-order chi connectivity index (χ0) is 14.0. The van der Waals surface area contributed by atoms with Gasteiger partial charge >= 0.3 is 12.0 Å². The Labute approximate surface area is 108 Å². The van der Waals surface area contributed by atoms with Gasteiger partial charge in [0.15, 0.2) is 0 Å². The van der Waals surface area contributed by atoms with Crippen molar-refractivity contribution >= 4 is 23.6 Å². The van der Waals surface area contributed by atoms with Gasteiger partial charge in [-0.3, -0.25) is 19.8 Å². The molecule has 0 radical (unpaired) electrons. The molecule has 0 unspecified atom stereocenters. The van der Waals surface area contributed by atoms with E-state index >= 15 is 0 Å². The van der Waals surface area contributed by atoms with Gasteiger partial charge in [-0.05, 0) is 24.3 Å². The van der Waals surface area contributed by atoms with Crippen molar-refractivity contribution in [2.45, 2.75) is 12.5 Å². The smallest absolute Gasteiger partial charge is 0.329 e. The number of nitrogens with zero attached hydrogens (tertiary/aromatic N) is 1. The molecular weight excluding hydrogens is 252 g/mol. The van der Waals surface area contributed by atoms with Gasteiger partial charge in [-0.2, -0.15) is 0 Å². The average Bonchev–Trinajstić information content (AvgIpc) is 2.64. The number of anilines is 1. The van der Waals surface area contributed by atoms with Gasteiger partial charge in [0.1, 0.15) is 11.8 Å². The minimum atomic E-state index is -1.15. The molecule has 1 aromatic carbocycles.